The first-order valence-electron chi connectivity index (χ1n) is 8.25. The molecule has 0 spiro atoms. The van der Waals surface area contributed by atoms with Crippen LogP contribution in [0.2, 0.25) is 0 Å². The Balaban J connectivity index is 1.96. The third-order valence-electron chi connectivity index (χ3n) is 3.88. The number of nitrogens with one attached hydrogen (secondary N) is 2. The summed E-state index contributed by atoms with van der Waals surface area (Å²) < 4.78 is 12.7. The number of aliphatic imine (C=N–C) groups is 1. The maximum absolute atomic E-state index is 5.46. The van der Waals surface area contributed by atoms with Gasteiger partial charge in [-0.05, 0) is 37.6 Å². The quantitative estimate of drug-likeness (QED) is 0.594. The summed E-state index contributed by atoms with van der Waals surface area (Å²) in [6.45, 7) is 5.58. The van der Waals surface area contributed by atoms with E-state index in [9.17, 15) is 0 Å². The maximum Gasteiger partial charge on any atom is 0.191 e. The molecule has 1 heterocycles. The van der Waals surface area contributed by atoms with Crippen LogP contribution in [0, 0.1) is 6.92 Å². The second-order valence-electron chi connectivity index (χ2n) is 5.75. The van der Waals surface area contributed by atoms with Gasteiger partial charge in [-0.25, -0.2) is 0 Å². The standard InChI is InChI=1S/C18H27N5O2/c1-13-11-21-23(12-13)9-8-20-18(19-3)22-14(2)16-10-15(24-4)6-7-17(16)25-5/h6-7,10-12,14H,8-9H2,1-5H3,(H2,19,20,22). The Bertz CT molecular complexity index is 711. The molecular formula is C18H27N5O2. The highest BCUT2D eigenvalue weighted by Crippen LogP contribution is 2.29. The van der Waals surface area contributed by atoms with E-state index in [2.05, 4.69) is 27.6 Å². The first-order valence-corrected chi connectivity index (χ1v) is 8.25. The Hall–Kier alpha value is -2.70. The number of nitrogens with zero attached hydrogens (tertiary/aromatic N) is 3. The molecule has 0 saturated heterocycles. The Morgan fingerprint density at radius 3 is 2.72 bits per heavy atom. The van der Waals surface area contributed by atoms with Gasteiger partial charge < -0.3 is 20.1 Å². The molecule has 0 aliphatic heterocycles. The number of hydrogen-bond acceptors (Lipinski definition) is 4. The van der Waals surface area contributed by atoms with E-state index in [0.717, 1.165) is 41.7 Å². The van der Waals surface area contributed by atoms with Gasteiger partial charge in [0.2, 0.25) is 0 Å². The number of aromatic nitrogens is 2. The molecule has 0 radical (unpaired) electrons. The number of ether oxygens (including phenoxy) is 2. The van der Waals surface area contributed by atoms with E-state index < -0.39 is 0 Å². The Morgan fingerprint density at radius 2 is 2.12 bits per heavy atom. The first kappa shape index (κ1) is 18.6. The van der Waals surface area contributed by atoms with Crippen LogP contribution in [0.15, 0.2) is 35.6 Å². The van der Waals surface area contributed by atoms with Gasteiger partial charge in [-0.1, -0.05) is 0 Å². The maximum atomic E-state index is 5.46. The smallest absolute Gasteiger partial charge is 0.191 e. The second kappa shape index (κ2) is 8.96. The summed E-state index contributed by atoms with van der Waals surface area (Å²) in [5, 5.41) is 10.9. The van der Waals surface area contributed by atoms with Gasteiger partial charge >= 0.3 is 0 Å². The van der Waals surface area contributed by atoms with Crippen LogP contribution in [0.25, 0.3) is 0 Å². The van der Waals surface area contributed by atoms with Crippen LogP contribution >= 0.6 is 0 Å². The number of hydrogen-bond donors (Lipinski definition) is 2. The molecular weight excluding hydrogens is 318 g/mol. The third kappa shape index (κ3) is 5.14. The van der Waals surface area contributed by atoms with E-state index in [1.54, 1.807) is 21.3 Å². The van der Waals surface area contributed by atoms with E-state index >= 15 is 0 Å². The Labute approximate surface area is 149 Å². The van der Waals surface area contributed by atoms with Crippen LogP contribution in [0.5, 0.6) is 11.5 Å². The molecule has 25 heavy (non-hydrogen) atoms. The van der Waals surface area contributed by atoms with Crippen LogP contribution < -0.4 is 20.1 Å². The summed E-state index contributed by atoms with van der Waals surface area (Å²) in [6.07, 6.45) is 3.87. The first-order chi connectivity index (χ1) is 12.1. The molecule has 0 aliphatic carbocycles. The zero-order chi connectivity index (χ0) is 18.2. The molecule has 2 N–H and O–H groups in total. The van der Waals surface area contributed by atoms with Crippen LogP contribution in [-0.4, -0.2) is 43.6 Å². The summed E-state index contributed by atoms with van der Waals surface area (Å²) in [5.74, 6) is 2.32. The minimum absolute atomic E-state index is 0.00296. The van der Waals surface area contributed by atoms with Gasteiger partial charge in [0.1, 0.15) is 11.5 Å². The molecule has 1 atom stereocenters. The van der Waals surface area contributed by atoms with Gasteiger partial charge in [-0.3, -0.25) is 9.67 Å². The largest absolute Gasteiger partial charge is 0.497 e. The van der Waals surface area contributed by atoms with Crippen LogP contribution in [-0.2, 0) is 6.54 Å². The molecule has 7 heteroatoms. The fourth-order valence-corrected chi connectivity index (χ4v) is 2.53. The van der Waals surface area contributed by atoms with E-state index in [-0.39, 0.29) is 6.04 Å². The average Bonchev–Trinajstić information content (AvgIpc) is 3.05. The number of rotatable bonds is 7. The summed E-state index contributed by atoms with van der Waals surface area (Å²) in [7, 11) is 5.07. The summed E-state index contributed by atoms with van der Waals surface area (Å²) in [6, 6.07) is 5.76. The third-order valence-corrected chi connectivity index (χ3v) is 3.88. The highest BCUT2D eigenvalue weighted by molar-refractivity contribution is 5.80. The summed E-state index contributed by atoms with van der Waals surface area (Å²) >= 11 is 0. The lowest BCUT2D eigenvalue weighted by molar-refractivity contribution is 0.394. The van der Waals surface area contributed by atoms with Crippen LogP contribution in [0.1, 0.15) is 24.1 Å². The predicted octanol–water partition coefficient (Wildman–Crippen LogP) is 2.13. The second-order valence-corrected chi connectivity index (χ2v) is 5.75. The molecule has 0 bridgehead atoms. The monoisotopic (exact) mass is 345 g/mol. The van der Waals surface area contributed by atoms with Crippen LogP contribution in [0.4, 0.5) is 0 Å². The van der Waals surface area contributed by atoms with Gasteiger partial charge in [0.15, 0.2) is 5.96 Å². The van der Waals surface area contributed by atoms with Crippen molar-refractivity contribution < 1.29 is 9.47 Å². The van der Waals surface area contributed by atoms with Crippen molar-refractivity contribution in [2.24, 2.45) is 4.99 Å². The van der Waals surface area contributed by atoms with Gasteiger partial charge in [0.25, 0.3) is 0 Å². The fourth-order valence-electron chi connectivity index (χ4n) is 2.53. The molecule has 2 rings (SSSR count). The highest BCUT2D eigenvalue weighted by Gasteiger charge is 2.14. The van der Waals surface area contributed by atoms with Crippen molar-refractivity contribution in [3.05, 3.63) is 41.7 Å². The molecule has 0 saturated carbocycles. The molecule has 0 amide bonds. The lowest BCUT2D eigenvalue weighted by Gasteiger charge is -2.20. The van der Waals surface area contributed by atoms with Crippen molar-refractivity contribution in [1.29, 1.82) is 0 Å². The lowest BCUT2D eigenvalue weighted by Crippen LogP contribution is -2.40. The zero-order valence-corrected chi connectivity index (χ0v) is 15.5. The Kier molecular flexibility index (Phi) is 6.68. The predicted molar refractivity (Wildman–Crippen MR) is 99.4 cm³/mol. The molecule has 1 aromatic carbocycles. The van der Waals surface area contributed by atoms with Gasteiger partial charge in [0.05, 0.1) is 33.0 Å². The van der Waals surface area contributed by atoms with E-state index in [1.165, 1.54) is 0 Å². The lowest BCUT2D eigenvalue weighted by atomic mass is 10.1. The van der Waals surface area contributed by atoms with Crippen molar-refractivity contribution in [2.45, 2.75) is 26.4 Å². The molecule has 0 fully saturated rings. The molecule has 1 aromatic heterocycles. The molecule has 1 unspecified atom stereocenters. The number of guanidine groups is 1. The van der Waals surface area contributed by atoms with Crippen molar-refractivity contribution in [3.8, 4) is 11.5 Å². The minimum atomic E-state index is 0.00296. The summed E-state index contributed by atoms with van der Waals surface area (Å²) in [4.78, 5) is 4.28. The zero-order valence-electron chi connectivity index (χ0n) is 15.5. The normalized spacial score (nSPS) is 12.6. The number of benzene rings is 1. The van der Waals surface area contributed by atoms with E-state index in [0.29, 0.717) is 0 Å². The van der Waals surface area contributed by atoms with Crippen molar-refractivity contribution in [2.75, 3.05) is 27.8 Å². The minimum Gasteiger partial charge on any atom is -0.497 e. The summed E-state index contributed by atoms with van der Waals surface area (Å²) in [5.41, 5.74) is 2.16. The van der Waals surface area contributed by atoms with Gasteiger partial charge in [-0.2, -0.15) is 5.10 Å². The van der Waals surface area contributed by atoms with Crippen molar-refractivity contribution in [3.63, 3.8) is 0 Å². The highest BCUT2D eigenvalue weighted by atomic mass is 16.5. The van der Waals surface area contributed by atoms with Gasteiger partial charge in [0, 0.05) is 25.4 Å². The average molecular weight is 345 g/mol. The van der Waals surface area contributed by atoms with E-state index in [4.69, 9.17) is 9.47 Å². The molecule has 7 nitrogen and oxygen atoms in total. The Morgan fingerprint density at radius 1 is 1.32 bits per heavy atom. The fraction of sp³-hybridized carbons (Fsp3) is 0.444. The topological polar surface area (TPSA) is 72.7 Å². The molecule has 0 aliphatic rings. The van der Waals surface area contributed by atoms with E-state index in [1.807, 2.05) is 42.2 Å². The van der Waals surface area contributed by atoms with Crippen molar-refractivity contribution in [1.82, 2.24) is 20.4 Å². The van der Waals surface area contributed by atoms with Crippen LogP contribution in [0.3, 0.4) is 0 Å². The molecule has 136 valence electrons. The van der Waals surface area contributed by atoms with Crippen molar-refractivity contribution >= 4 is 5.96 Å². The number of methoxy groups -OCH3 is 2. The number of aryl methyl sites for hydroxylation is 1. The van der Waals surface area contributed by atoms with Gasteiger partial charge in [-0.15, -0.1) is 0 Å². The molecule has 2 aromatic rings. The SMILES string of the molecule is CN=C(NCCn1cc(C)cn1)NC(C)c1cc(OC)ccc1OC.